The van der Waals surface area contributed by atoms with Gasteiger partial charge in [-0.15, -0.1) is 0 Å². The second-order valence-electron chi connectivity index (χ2n) is 4.49. The number of esters is 1. The molecule has 0 bridgehead atoms. The van der Waals surface area contributed by atoms with E-state index in [1.807, 2.05) is 4.90 Å². The van der Waals surface area contributed by atoms with Crippen molar-refractivity contribution < 1.29 is 14.5 Å². The highest BCUT2D eigenvalue weighted by atomic mass is 16.6. The SMILES string of the molecule is COC(=O)C1CCN(c2ccc([N+](=O)[O-])c(C)n2)C1. The third kappa shape index (κ3) is 2.64. The molecule has 0 radical (unpaired) electrons. The number of ether oxygens (including phenoxy) is 1. The van der Waals surface area contributed by atoms with Crippen molar-refractivity contribution in [2.75, 3.05) is 25.1 Å². The smallest absolute Gasteiger partial charge is 0.310 e. The molecule has 2 heterocycles. The largest absolute Gasteiger partial charge is 0.469 e. The van der Waals surface area contributed by atoms with E-state index in [0.29, 0.717) is 31.0 Å². The number of anilines is 1. The van der Waals surface area contributed by atoms with E-state index in [0.717, 1.165) is 0 Å². The summed E-state index contributed by atoms with van der Waals surface area (Å²) in [6, 6.07) is 3.06. The van der Waals surface area contributed by atoms with Gasteiger partial charge in [-0.05, 0) is 19.4 Å². The molecule has 7 heteroatoms. The summed E-state index contributed by atoms with van der Waals surface area (Å²) >= 11 is 0. The lowest BCUT2D eigenvalue weighted by Gasteiger charge is -2.17. The molecule has 1 saturated heterocycles. The molecule has 0 aliphatic carbocycles. The Labute approximate surface area is 110 Å². The van der Waals surface area contributed by atoms with E-state index in [-0.39, 0.29) is 17.6 Å². The Hall–Kier alpha value is -2.18. The molecule has 0 aromatic carbocycles. The van der Waals surface area contributed by atoms with Crippen LogP contribution in [0, 0.1) is 23.0 Å². The van der Waals surface area contributed by atoms with Gasteiger partial charge in [-0.3, -0.25) is 14.9 Å². The maximum atomic E-state index is 11.4. The molecule has 0 amide bonds. The summed E-state index contributed by atoms with van der Waals surface area (Å²) in [7, 11) is 1.37. The van der Waals surface area contributed by atoms with Crippen molar-refractivity contribution >= 4 is 17.5 Å². The van der Waals surface area contributed by atoms with Crippen LogP contribution < -0.4 is 4.90 Å². The van der Waals surface area contributed by atoms with Crippen LogP contribution in [-0.4, -0.2) is 36.1 Å². The fourth-order valence-corrected chi connectivity index (χ4v) is 2.24. The molecule has 1 fully saturated rings. The number of carbonyl (C=O) groups is 1. The number of aromatic nitrogens is 1. The van der Waals surface area contributed by atoms with Crippen LogP contribution in [-0.2, 0) is 9.53 Å². The summed E-state index contributed by atoms with van der Waals surface area (Å²) in [6.07, 6.45) is 0.713. The van der Waals surface area contributed by atoms with Crippen LogP contribution in [0.25, 0.3) is 0 Å². The number of hydrogen-bond acceptors (Lipinski definition) is 6. The molecule has 102 valence electrons. The number of rotatable bonds is 3. The van der Waals surface area contributed by atoms with E-state index < -0.39 is 4.92 Å². The van der Waals surface area contributed by atoms with Gasteiger partial charge in [0, 0.05) is 19.2 Å². The highest BCUT2D eigenvalue weighted by Gasteiger charge is 2.30. The van der Waals surface area contributed by atoms with Gasteiger partial charge in [0.15, 0.2) is 0 Å². The van der Waals surface area contributed by atoms with E-state index in [4.69, 9.17) is 4.74 Å². The van der Waals surface area contributed by atoms with E-state index in [9.17, 15) is 14.9 Å². The van der Waals surface area contributed by atoms with Gasteiger partial charge >= 0.3 is 5.97 Å². The van der Waals surface area contributed by atoms with Gasteiger partial charge in [-0.1, -0.05) is 0 Å². The minimum atomic E-state index is -0.451. The van der Waals surface area contributed by atoms with Crippen molar-refractivity contribution in [2.45, 2.75) is 13.3 Å². The first-order valence-corrected chi connectivity index (χ1v) is 5.97. The molecule has 0 N–H and O–H groups in total. The molecular weight excluding hydrogens is 250 g/mol. The minimum absolute atomic E-state index is 0.00691. The molecule has 1 atom stereocenters. The summed E-state index contributed by atoms with van der Waals surface area (Å²) in [4.78, 5) is 27.9. The van der Waals surface area contributed by atoms with Crippen LogP contribution in [0.2, 0.25) is 0 Å². The highest BCUT2D eigenvalue weighted by molar-refractivity contribution is 5.74. The van der Waals surface area contributed by atoms with Crippen molar-refractivity contribution in [1.29, 1.82) is 0 Å². The number of hydrogen-bond donors (Lipinski definition) is 0. The zero-order valence-corrected chi connectivity index (χ0v) is 10.8. The normalized spacial score (nSPS) is 18.4. The molecule has 19 heavy (non-hydrogen) atoms. The van der Waals surface area contributed by atoms with Gasteiger partial charge in [0.2, 0.25) is 0 Å². The summed E-state index contributed by atoms with van der Waals surface area (Å²) in [6.45, 7) is 2.84. The standard InChI is InChI=1S/C12H15N3O4/c1-8-10(15(17)18)3-4-11(13-8)14-6-5-9(7-14)12(16)19-2/h3-4,9H,5-7H2,1-2H3. The van der Waals surface area contributed by atoms with Crippen LogP contribution >= 0.6 is 0 Å². The lowest BCUT2D eigenvalue weighted by molar-refractivity contribution is -0.385. The number of methoxy groups -OCH3 is 1. The van der Waals surface area contributed by atoms with Gasteiger partial charge in [0.1, 0.15) is 11.5 Å². The zero-order chi connectivity index (χ0) is 14.0. The summed E-state index contributed by atoms with van der Waals surface area (Å²) in [5.41, 5.74) is 0.386. The first-order chi connectivity index (χ1) is 9.02. The Balaban J connectivity index is 2.14. The molecule has 1 aliphatic rings. The summed E-state index contributed by atoms with van der Waals surface area (Å²) in [5.74, 6) is 0.290. The van der Waals surface area contributed by atoms with Crippen LogP contribution in [0.1, 0.15) is 12.1 Å². The number of nitrogens with zero attached hydrogens (tertiary/aromatic N) is 3. The Kier molecular flexibility index (Phi) is 3.64. The van der Waals surface area contributed by atoms with Gasteiger partial charge in [0.25, 0.3) is 5.69 Å². The molecule has 0 spiro atoms. The van der Waals surface area contributed by atoms with E-state index in [1.54, 1.807) is 13.0 Å². The first-order valence-electron chi connectivity index (χ1n) is 5.97. The van der Waals surface area contributed by atoms with Crippen molar-refractivity contribution in [3.63, 3.8) is 0 Å². The second kappa shape index (κ2) is 5.21. The van der Waals surface area contributed by atoms with Crippen molar-refractivity contribution in [3.8, 4) is 0 Å². The maximum Gasteiger partial charge on any atom is 0.310 e. The summed E-state index contributed by atoms with van der Waals surface area (Å²) in [5, 5.41) is 10.7. The van der Waals surface area contributed by atoms with Crippen molar-refractivity contribution in [2.24, 2.45) is 5.92 Å². The fourth-order valence-electron chi connectivity index (χ4n) is 2.24. The topological polar surface area (TPSA) is 85.6 Å². The van der Waals surface area contributed by atoms with Crippen LogP contribution in [0.4, 0.5) is 11.5 Å². The first kappa shape index (κ1) is 13.3. The van der Waals surface area contributed by atoms with Crippen LogP contribution in [0.15, 0.2) is 12.1 Å². The van der Waals surface area contributed by atoms with Gasteiger partial charge in [-0.2, -0.15) is 0 Å². The van der Waals surface area contributed by atoms with Gasteiger partial charge in [-0.25, -0.2) is 4.98 Å². The molecule has 1 aromatic heterocycles. The van der Waals surface area contributed by atoms with Crippen LogP contribution in [0.3, 0.4) is 0 Å². The van der Waals surface area contributed by atoms with E-state index in [1.165, 1.54) is 13.2 Å². The quantitative estimate of drug-likeness (QED) is 0.465. The van der Waals surface area contributed by atoms with E-state index in [2.05, 4.69) is 4.98 Å². The Morgan fingerprint density at radius 2 is 2.32 bits per heavy atom. The molecule has 0 saturated carbocycles. The molecule has 1 aromatic rings. The molecular formula is C12H15N3O4. The number of carbonyl (C=O) groups excluding carboxylic acids is 1. The number of aryl methyl sites for hydroxylation is 1. The van der Waals surface area contributed by atoms with E-state index >= 15 is 0 Å². The Bertz CT molecular complexity index is 518. The predicted molar refractivity (Wildman–Crippen MR) is 68.0 cm³/mol. The molecule has 1 unspecified atom stereocenters. The second-order valence-corrected chi connectivity index (χ2v) is 4.49. The monoisotopic (exact) mass is 265 g/mol. The van der Waals surface area contributed by atoms with Crippen LogP contribution in [0.5, 0.6) is 0 Å². The predicted octanol–water partition coefficient (Wildman–Crippen LogP) is 1.30. The van der Waals surface area contributed by atoms with Crippen molar-refractivity contribution in [1.82, 2.24) is 4.98 Å². The number of nitro groups is 1. The molecule has 7 nitrogen and oxygen atoms in total. The average molecular weight is 265 g/mol. The van der Waals surface area contributed by atoms with Gasteiger partial charge in [0.05, 0.1) is 18.0 Å². The highest BCUT2D eigenvalue weighted by Crippen LogP contribution is 2.25. The van der Waals surface area contributed by atoms with Gasteiger partial charge < -0.3 is 9.64 Å². The maximum absolute atomic E-state index is 11.4. The zero-order valence-electron chi connectivity index (χ0n) is 10.8. The third-order valence-corrected chi connectivity index (χ3v) is 3.29. The lowest BCUT2D eigenvalue weighted by Crippen LogP contribution is -2.24. The Morgan fingerprint density at radius 1 is 1.58 bits per heavy atom. The third-order valence-electron chi connectivity index (χ3n) is 3.29. The molecule has 1 aliphatic heterocycles. The number of pyridine rings is 1. The Morgan fingerprint density at radius 3 is 2.89 bits per heavy atom. The lowest BCUT2D eigenvalue weighted by atomic mass is 10.1. The summed E-state index contributed by atoms with van der Waals surface area (Å²) < 4.78 is 4.72. The minimum Gasteiger partial charge on any atom is -0.469 e. The fraction of sp³-hybridized carbons (Fsp3) is 0.500. The average Bonchev–Trinajstić information content (AvgIpc) is 2.86. The van der Waals surface area contributed by atoms with Crippen molar-refractivity contribution in [3.05, 3.63) is 27.9 Å². The molecule has 2 rings (SSSR count).